The van der Waals surface area contributed by atoms with Crippen LogP contribution in [-0.4, -0.2) is 48.3 Å². The lowest BCUT2D eigenvalue weighted by Crippen LogP contribution is -2.47. The van der Waals surface area contributed by atoms with Gasteiger partial charge in [0.25, 0.3) is 0 Å². The van der Waals surface area contributed by atoms with Gasteiger partial charge in [-0.15, -0.1) is 5.10 Å². The summed E-state index contributed by atoms with van der Waals surface area (Å²) in [6.07, 6.45) is 0. The van der Waals surface area contributed by atoms with Crippen molar-refractivity contribution in [2.45, 2.75) is 26.3 Å². The Hall–Kier alpha value is -1.46. The number of ether oxygens (including phenoxy) is 1. The van der Waals surface area contributed by atoms with E-state index in [1.807, 2.05) is 27.8 Å². The maximum atomic E-state index is 11.7. The number of hydrazone groups is 1. The van der Waals surface area contributed by atoms with Crippen molar-refractivity contribution >= 4 is 12.1 Å². The maximum absolute atomic E-state index is 11.7. The molecule has 0 aromatic rings. The molecule has 1 rings (SSSR count). The third kappa shape index (κ3) is 3.00. The largest absolute Gasteiger partial charge is 0.467 e. The average Bonchev–Trinajstić information content (AvgIpc) is 2.43. The normalized spacial score (nSPS) is 16.5. The van der Waals surface area contributed by atoms with Gasteiger partial charge in [0.1, 0.15) is 6.67 Å². The first-order valence-electron chi connectivity index (χ1n) is 4.77. The van der Waals surface area contributed by atoms with Gasteiger partial charge in [-0.05, 0) is 20.8 Å². The Labute approximate surface area is 89.9 Å². The monoisotopic (exact) mass is 214 g/mol. The Morgan fingerprint density at radius 3 is 2.53 bits per heavy atom. The van der Waals surface area contributed by atoms with Crippen LogP contribution in [0.3, 0.4) is 0 Å². The molecule has 0 saturated carbocycles. The van der Waals surface area contributed by atoms with Crippen LogP contribution in [0.25, 0.3) is 0 Å². The summed E-state index contributed by atoms with van der Waals surface area (Å²) in [5.74, 6) is 0. The maximum Gasteiger partial charge on any atom is 0.340 e. The molecule has 0 bridgehead atoms. The molecule has 0 fully saturated rings. The van der Waals surface area contributed by atoms with E-state index in [-0.39, 0.29) is 11.6 Å². The highest BCUT2D eigenvalue weighted by molar-refractivity contribution is 5.81. The summed E-state index contributed by atoms with van der Waals surface area (Å²) < 4.78 is 4.99. The minimum atomic E-state index is -0.263. The predicted molar refractivity (Wildman–Crippen MR) is 57.2 cm³/mol. The van der Waals surface area contributed by atoms with Crippen molar-refractivity contribution in [2.75, 3.05) is 20.8 Å². The molecule has 0 radical (unpaired) electrons. The van der Waals surface area contributed by atoms with Crippen molar-refractivity contribution in [1.29, 1.82) is 0 Å². The van der Waals surface area contributed by atoms with Crippen LogP contribution in [0.1, 0.15) is 20.8 Å². The van der Waals surface area contributed by atoms with Crippen LogP contribution in [-0.2, 0) is 4.74 Å². The molecule has 0 saturated heterocycles. The summed E-state index contributed by atoms with van der Waals surface area (Å²) in [5.41, 5.74) is -0.263. The zero-order valence-electron chi connectivity index (χ0n) is 9.87. The number of amides is 2. The third-order valence-corrected chi connectivity index (χ3v) is 1.78. The molecule has 86 valence electrons. The van der Waals surface area contributed by atoms with E-state index in [1.54, 1.807) is 4.90 Å². The predicted octanol–water partition coefficient (Wildman–Crippen LogP) is 0.617. The van der Waals surface area contributed by atoms with Crippen molar-refractivity contribution in [3.05, 3.63) is 0 Å². The standard InChI is InChI=1S/C9H18N4O2/c1-9(2,3)10-7(14)13-6-12(4)8(11-13)15-5/h6H2,1-5H3,(H,10,14). The summed E-state index contributed by atoms with van der Waals surface area (Å²) in [5, 5.41) is 8.17. The molecule has 1 heterocycles. The fourth-order valence-electron chi connectivity index (χ4n) is 1.16. The van der Waals surface area contributed by atoms with Crippen molar-refractivity contribution in [3.8, 4) is 0 Å². The molecular weight excluding hydrogens is 196 g/mol. The first-order valence-corrected chi connectivity index (χ1v) is 4.77. The van der Waals surface area contributed by atoms with Crippen LogP contribution >= 0.6 is 0 Å². The molecular formula is C9H18N4O2. The summed E-state index contributed by atoms with van der Waals surface area (Å²) >= 11 is 0. The van der Waals surface area contributed by atoms with Gasteiger partial charge in [-0.1, -0.05) is 0 Å². The highest BCUT2D eigenvalue weighted by atomic mass is 16.5. The van der Waals surface area contributed by atoms with E-state index in [2.05, 4.69) is 10.4 Å². The Morgan fingerprint density at radius 2 is 2.13 bits per heavy atom. The first kappa shape index (κ1) is 11.6. The summed E-state index contributed by atoms with van der Waals surface area (Å²) in [6.45, 7) is 6.17. The van der Waals surface area contributed by atoms with Gasteiger partial charge in [-0.3, -0.25) is 0 Å². The number of carbonyl (C=O) groups is 1. The lowest BCUT2D eigenvalue weighted by atomic mass is 10.1. The van der Waals surface area contributed by atoms with Gasteiger partial charge in [0, 0.05) is 12.6 Å². The summed E-state index contributed by atoms with van der Waals surface area (Å²) in [7, 11) is 3.34. The molecule has 15 heavy (non-hydrogen) atoms. The van der Waals surface area contributed by atoms with E-state index in [9.17, 15) is 4.79 Å². The quantitative estimate of drug-likeness (QED) is 0.643. The van der Waals surface area contributed by atoms with Crippen LogP contribution in [0.5, 0.6) is 0 Å². The van der Waals surface area contributed by atoms with Crippen LogP contribution in [0, 0.1) is 0 Å². The van der Waals surface area contributed by atoms with Crippen molar-refractivity contribution in [2.24, 2.45) is 5.10 Å². The number of rotatable bonds is 0. The molecule has 6 nitrogen and oxygen atoms in total. The molecule has 1 aliphatic heterocycles. The molecule has 0 aromatic heterocycles. The van der Waals surface area contributed by atoms with Gasteiger partial charge in [0.2, 0.25) is 0 Å². The minimum absolute atomic E-state index is 0.221. The Bertz CT molecular complexity index is 282. The zero-order valence-corrected chi connectivity index (χ0v) is 9.87. The number of amidine groups is 1. The van der Waals surface area contributed by atoms with E-state index in [1.165, 1.54) is 12.1 Å². The van der Waals surface area contributed by atoms with Gasteiger partial charge >= 0.3 is 12.1 Å². The first-order chi connectivity index (χ1) is 6.83. The topological polar surface area (TPSA) is 57.2 Å². The second kappa shape index (κ2) is 3.96. The Balaban J connectivity index is 2.61. The van der Waals surface area contributed by atoms with Crippen molar-refractivity contribution in [3.63, 3.8) is 0 Å². The van der Waals surface area contributed by atoms with Gasteiger partial charge in [-0.2, -0.15) is 5.01 Å². The molecule has 0 aromatic carbocycles. The molecule has 6 heteroatoms. The fourth-order valence-corrected chi connectivity index (χ4v) is 1.16. The Kier molecular flexibility index (Phi) is 3.06. The molecule has 0 unspecified atom stereocenters. The van der Waals surface area contributed by atoms with E-state index < -0.39 is 0 Å². The average molecular weight is 214 g/mol. The van der Waals surface area contributed by atoms with E-state index >= 15 is 0 Å². The number of hydrogen-bond donors (Lipinski definition) is 1. The van der Waals surface area contributed by atoms with Crippen LogP contribution < -0.4 is 5.32 Å². The summed E-state index contributed by atoms with van der Waals surface area (Å²) in [6, 6.07) is 0.223. The molecule has 1 aliphatic rings. The van der Waals surface area contributed by atoms with Crippen LogP contribution in [0.4, 0.5) is 4.79 Å². The van der Waals surface area contributed by atoms with Gasteiger partial charge < -0.3 is 15.0 Å². The molecule has 1 N–H and O–H groups in total. The molecule has 0 aliphatic carbocycles. The molecule has 0 atom stereocenters. The number of methoxy groups -OCH3 is 1. The second-order valence-electron chi connectivity index (χ2n) is 4.51. The summed E-state index contributed by atoms with van der Waals surface area (Å²) in [4.78, 5) is 13.4. The fraction of sp³-hybridized carbons (Fsp3) is 0.778. The number of hydrogen-bond acceptors (Lipinski definition) is 4. The zero-order chi connectivity index (χ0) is 11.6. The second-order valence-corrected chi connectivity index (χ2v) is 4.51. The van der Waals surface area contributed by atoms with Crippen LogP contribution in [0.15, 0.2) is 5.10 Å². The SMILES string of the molecule is COC1=NN(C(=O)NC(C)(C)C)CN1C. The molecule has 2 amide bonds. The number of urea groups is 1. The lowest BCUT2D eigenvalue weighted by Gasteiger charge is -2.23. The van der Waals surface area contributed by atoms with Gasteiger partial charge in [0.05, 0.1) is 7.11 Å². The highest BCUT2D eigenvalue weighted by Crippen LogP contribution is 2.08. The highest BCUT2D eigenvalue weighted by Gasteiger charge is 2.27. The van der Waals surface area contributed by atoms with Gasteiger partial charge in [-0.25, -0.2) is 4.79 Å². The number of nitrogens with one attached hydrogen (secondary N) is 1. The van der Waals surface area contributed by atoms with E-state index in [0.717, 1.165) is 0 Å². The number of carbonyl (C=O) groups excluding carboxylic acids is 1. The smallest absolute Gasteiger partial charge is 0.340 e. The number of nitrogens with zero attached hydrogens (tertiary/aromatic N) is 3. The molecule has 0 spiro atoms. The van der Waals surface area contributed by atoms with Crippen molar-refractivity contribution in [1.82, 2.24) is 15.2 Å². The minimum Gasteiger partial charge on any atom is -0.467 e. The third-order valence-electron chi connectivity index (χ3n) is 1.78. The van der Waals surface area contributed by atoms with Crippen LogP contribution in [0.2, 0.25) is 0 Å². The van der Waals surface area contributed by atoms with Crippen molar-refractivity contribution < 1.29 is 9.53 Å². The van der Waals surface area contributed by atoms with E-state index in [4.69, 9.17) is 4.74 Å². The Morgan fingerprint density at radius 1 is 1.53 bits per heavy atom. The van der Waals surface area contributed by atoms with E-state index in [0.29, 0.717) is 12.7 Å². The van der Waals surface area contributed by atoms with Gasteiger partial charge in [0.15, 0.2) is 0 Å². The lowest BCUT2D eigenvalue weighted by molar-refractivity contribution is 0.184.